The van der Waals surface area contributed by atoms with E-state index in [1.165, 1.54) is 0 Å². The van der Waals surface area contributed by atoms with Crippen LogP contribution in [0.2, 0.25) is 5.02 Å². The number of rotatable bonds is 7. The molecule has 0 spiro atoms. The molecule has 0 aromatic heterocycles. The van der Waals surface area contributed by atoms with E-state index in [1.54, 1.807) is 7.11 Å². The summed E-state index contributed by atoms with van der Waals surface area (Å²) in [6, 6.07) is 15.2. The first-order chi connectivity index (χ1) is 10.7. The Kier molecular flexibility index (Phi) is 6.25. The highest BCUT2D eigenvalue weighted by Crippen LogP contribution is 2.11. The molecule has 0 saturated heterocycles. The molecule has 4 nitrogen and oxygen atoms in total. The van der Waals surface area contributed by atoms with Gasteiger partial charge in [0, 0.05) is 18.1 Å². The number of nitrogens with one attached hydrogen (secondary N) is 2. The van der Waals surface area contributed by atoms with Gasteiger partial charge in [-0.25, -0.2) is 0 Å². The van der Waals surface area contributed by atoms with Crippen molar-refractivity contribution in [3.05, 3.63) is 64.7 Å². The number of halogens is 1. The smallest absolute Gasteiger partial charge is 0.234 e. The van der Waals surface area contributed by atoms with E-state index in [2.05, 4.69) is 10.6 Å². The fourth-order valence-corrected chi connectivity index (χ4v) is 2.06. The van der Waals surface area contributed by atoms with Gasteiger partial charge in [0.15, 0.2) is 0 Å². The average molecular weight is 319 g/mol. The van der Waals surface area contributed by atoms with Gasteiger partial charge < -0.3 is 15.4 Å². The third-order valence-electron chi connectivity index (χ3n) is 3.18. The molecule has 0 atom stereocenters. The summed E-state index contributed by atoms with van der Waals surface area (Å²) in [5.41, 5.74) is 2.12. The predicted octanol–water partition coefficient (Wildman–Crippen LogP) is 2.75. The van der Waals surface area contributed by atoms with E-state index in [9.17, 15) is 4.79 Å². The Labute approximate surface area is 135 Å². The van der Waals surface area contributed by atoms with Crippen molar-refractivity contribution in [3.63, 3.8) is 0 Å². The molecular weight excluding hydrogens is 300 g/mol. The summed E-state index contributed by atoms with van der Waals surface area (Å²) in [5.74, 6) is 0.768. The van der Waals surface area contributed by atoms with E-state index in [1.807, 2.05) is 48.5 Å². The molecule has 2 rings (SSSR count). The number of carbonyl (C=O) groups excluding carboxylic acids is 1. The summed E-state index contributed by atoms with van der Waals surface area (Å²) in [7, 11) is 1.63. The summed E-state index contributed by atoms with van der Waals surface area (Å²) in [4.78, 5) is 11.8. The van der Waals surface area contributed by atoms with Crippen LogP contribution in [0.3, 0.4) is 0 Å². The average Bonchev–Trinajstić information content (AvgIpc) is 2.55. The maximum Gasteiger partial charge on any atom is 0.234 e. The van der Waals surface area contributed by atoms with E-state index < -0.39 is 0 Å². The van der Waals surface area contributed by atoms with Crippen LogP contribution in [-0.4, -0.2) is 19.6 Å². The lowest BCUT2D eigenvalue weighted by molar-refractivity contribution is -0.120. The molecule has 0 aliphatic rings. The fraction of sp³-hybridized carbons (Fsp3) is 0.235. The molecule has 1 amide bonds. The van der Waals surface area contributed by atoms with Crippen molar-refractivity contribution in [1.29, 1.82) is 0 Å². The minimum absolute atomic E-state index is 0.0372. The Hall–Kier alpha value is -2.04. The predicted molar refractivity (Wildman–Crippen MR) is 88.0 cm³/mol. The molecule has 0 aliphatic carbocycles. The molecular formula is C17H19ClN2O2. The zero-order valence-electron chi connectivity index (χ0n) is 12.4. The lowest BCUT2D eigenvalue weighted by atomic mass is 10.2. The molecule has 116 valence electrons. The first-order valence-electron chi connectivity index (χ1n) is 7.02. The highest BCUT2D eigenvalue weighted by molar-refractivity contribution is 6.30. The summed E-state index contributed by atoms with van der Waals surface area (Å²) in [6.45, 7) is 1.41. The lowest BCUT2D eigenvalue weighted by Crippen LogP contribution is -2.33. The monoisotopic (exact) mass is 318 g/mol. The molecule has 0 saturated carbocycles. The Morgan fingerprint density at radius 3 is 2.23 bits per heavy atom. The number of carbonyl (C=O) groups is 1. The van der Waals surface area contributed by atoms with Gasteiger partial charge in [-0.1, -0.05) is 35.9 Å². The maximum atomic E-state index is 11.8. The van der Waals surface area contributed by atoms with E-state index in [-0.39, 0.29) is 12.5 Å². The van der Waals surface area contributed by atoms with Crippen molar-refractivity contribution in [2.24, 2.45) is 0 Å². The van der Waals surface area contributed by atoms with Gasteiger partial charge >= 0.3 is 0 Å². The largest absolute Gasteiger partial charge is 0.497 e. The molecule has 0 fully saturated rings. The molecule has 0 radical (unpaired) electrons. The molecule has 0 aliphatic heterocycles. The number of methoxy groups -OCH3 is 1. The SMILES string of the molecule is COc1ccc(CNC(=O)CNCc2ccc(Cl)cc2)cc1. The Balaban J connectivity index is 1.68. The van der Waals surface area contributed by atoms with Crippen molar-refractivity contribution in [2.75, 3.05) is 13.7 Å². The quantitative estimate of drug-likeness (QED) is 0.825. The summed E-state index contributed by atoms with van der Waals surface area (Å²) >= 11 is 5.82. The van der Waals surface area contributed by atoms with Gasteiger partial charge in [0.2, 0.25) is 5.91 Å². The first kappa shape index (κ1) is 16.3. The number of ether oxygens (including phenoxy) is 1. The van der Waals surface area contributed by atoms with Crippen LogP contribution in [0.1, 0.15) is 11.1 Å². The van der Waals surface area contributed by atoms with E-state index >= 15 is 0 Å². The van der Waals surface area contributed by atoms with Crippen molar-refractivity contribution < 1.29 is 9.53 Å². The van der Waals surface area contributed by atoms with Crippen LogP contribution in [0, 0.1) is 0 Å². The third kappa shape index (κ3) is 5.39. The van der Waals surface area contributed by atoms with Gasteiger partial charge in [0.05, 0.1) is 13.7 Å². The molecule has 0 bridgehead atoms. The van der Waals surface area contributed by atoms with E-state index in [4.69, 9.17) is 16.3 Å². The minimum Gasteiger partial charge on any atom is -0.497 e. The molecule has 22 heavy (non-hydrogen) atoms. The summed E-state index contributed by atoms with van der Waals surface area (Å²) < 4.78 is 5.09. The maximum absolute atomic E-state index is 11.8. The normalized spacial score (nSPS) is 10.3. The van der Waals surface area contributed by atoms with Crippen LogP contribution >= 0.6 is 11.6 Å². The van der Waals surface area contributed by atoms with Gasteiger partial charge in [-0.3, -0.25) is 4.79 Å². The second-order valence-electron chi connectivity index (χ2n) is 4.85. The van der Waals surface area contributed by atoms with Crippen molar-refractivity contribution >= 4 is 17.5 Å². The number of benzene rings is 2. The minimum atomic E-state index is -0.0372. The molecule has 2 N–H and O–H groups in total. The number of hydrogen-bond donors (Lipinski definition) is 2. The second-order valence-corrected chi connectivity index (χ2v) is 5.29. The Morgan fingerprint density at radius 2 is 1.59 bits per heavy atom. The van der Waals surface area contributed by atoms with Crippen LogP contribution in [0.4, 0.5) is 0 Å². The fourth-order valence-electron chi connectivity index (χ4n) is 1.93. The van der Waals surface area contributed by atoms with Crippen molar-refractivity contribution in [1.82, 2.24) is 10.6 Å². The van der Waals surface area contributed by atoms with Gasteiger partial charge in [0.25, 0.3) is 0 Å². The Morgan fingerprint density at radius 1 is 1.00 bits per heavy atom. The van der Waals surface area contributed by atoms with Crippen LogP contribution in [0.25, 0.3) is 0 Å². The zero-order chi connectivity index (χ0) is 15.8. The van der Waals surface area contributed by atoms with Crippen LogP contribution in [0.15, 0.2) is 48.5 Å². The highest BCUT2D eigenvalue weighted by atomic mass is 35.5. The van der Waals surface area contributed by atoms with Crippen LogP contribution in [-0.2, 0) is 17.9 Å². The van der Waals surface area contributed by atoms with Crippen molar-refractivity contribution in [2.45, 2.75) is 13.1 Å². The standard InChI is InChI=1S/C17H19ClN2O2/c1-22-16-8-4-14(5-9-16)11-20-17(21)12-19-10-13-2-6-15(18)7-3-13/h2-9,19H,10-12H2,1H3,(H,20,21). The van der Waals surface area contributed by atoms with Crippen LogP contribution in [0.5, 0.6) is 5.75 Å². The second kappa shape index (κ2) is 8.41. The molecule has 5 heteroatoms. The van der Waals surface area contributed by atoms with Crippen molar-refractivity contribution in [3.8, 4) is 5.75 Å². The number of hydrogen-bond acceptors (Lipinski definition) is 3. The molecule has 2 aromatic rings. The van der Waals surface area contributed by atoms with Gasteiger partial charge in [-0.2, -0.15) is 0 Å². The van der Waals surface area contributed by atoms with E-state index in [0.717, 1.165) is 16.9 Å². The molecule has 0 unspecified atom stereocenters. The van der Waals surface area contributed by atoms with Crippen LogP contribution < -0.4 is 15.4 Å². The zero-order valence-corrected chi connectivity index (χ0v) is 13.2. The highest BCUT2D eigenvalue weighted by Gasteiger charge is 2.01. The van der Waals surface area contributed by atoms with Gasteiger partial charge in [-0.15, -0.1) is 0 Å². The van der Waals surface area contributed by atoms with Gasteiger partial charge in [0.1, 0.15) is 5.75 Å². The summed E-state index contributed by atoms with van der Waals surface area (Å²) in [5, 5.41) is 6.68. The molecule has 2 aromatic carbocycles. The van der Waals surface area contributed by atoms with E-state index in [0.29, 0.717) is 18.1 Å². The first-order valence-corrected chi connectivity index (χ1v) is 7.40. The third-order valence-corrected chi connectivity index (χ3v) is 3.43. The number of amides is 1. The lowest BCUT2D eigenvalue weighted by Gasteiger charge is -2.08. The summed E-state index contributed by atoms with van der Waals surface area (Å²) in [6.07, 6.45) is 0. The topological polar surface area (TPSA) is 50.4 Å². The van der Waals surface area contributed by atoms with Gasteiger partial charge in [-0.05, 0) is 35.4 Å². The molecule has 0 heterocycles. The Bertz CT molecular complexity index is 597.